The van der Waals surface area contributed by atoms with Gasteiger partial charge in [0.25, 0.3) is 0 Å². The molecule has 2 amide bonds. The number of unbranched alkanes of at least 4 members (excludes halogenated alkanes) is 1. The van der Waals surface area contributed by atoms with Crippen molar-refractivity contribution in [2.45, 2.75) is 81.8 Å². The van der Waals surface area contributed by atoms with Gasteiger partial charge in [-0.2, -0.15) is 0 Å². The molecule has 38 heavy (non-hydrogen) atoms. The Balaban J connectivity index is 1.70. The molecule has 216 valence electrons. The number of methoxy groups -OCH3 is 1. The second-order valence-electron chi connectivity index (χ2n) is 11.0. The number of amides is 2. The molecule has 1 aliphatic heterocycles. The van der Waals surface area contributed by atoms with Gasteiger partial charge in [-0.1, -0.05) is 12.1 Å². The first-order valence-corrected chi connectivity index (χ1v) is 13.8. The van der Waals surface area contributed by atoms with Crippen LogP contribution in [0.4, 0.5) is 22.4 Å². The van der Waals surface area contributed by atoms with Crippen LogP contribution in [0.15, 0.2) is 18.2 Å². The number of piperidine rings is 1. The number of likely N-dealkylation sites (N-methyl/N-ethyl adjacent to an activating group) is 1. The van der Waals surface area contributed by atoms with E-state index in [9.17, 15) is 27.5 Å². The second kappa shape index (κ2) is 13.9. The zero-order valence-electron chi connectivity index (χ0n) is 22.6. The molecule has 1 saturated carbocycles. The van der Waals surface area contributed by atoms with E-state index in [4.69, 9.17) is 4.74 Å². The largest absolute Gasteiger partial charge is 0.385 e. The Morgan fingerprint density at radius 3 is 2.66 bits per heavy atom. The Bertz CT molecular complexity index is 896. The minimum atomic E-state index is -2.59. The molecule has 0 radical (unpaired) electrons. The lowest BCUT2D eigenvalue weighted by atomic mass is 9.74. The molecule has 2 fully saturated rings. The SMILES string of the molecule is CNC[C@H](CC1CCC(F)(F)CC1)NC(=O)N1CCC[C@@H]([C@@](O)(CCCCOC)c2cccc(F)c2F)C1. The fourth-order valence-electron chi connectivity index (χ4n) is 6.03. The van der Waals surface area contributed by atoms with Crippen molar-refractivity contribution in [1.29, 1.82) is 0 Å². The highest BCUT2D eigenvalue weighted by molar-refractivity contribution is 5.74. The van der Waals surface area contributed by atoms with Gasteiger partial charge in [-0.15, -0.1) is 0 Å². The maximum Gasteiger partial charge on any atom is 0.317 e. The van der Waals surface area contributed by atoms with E-state index in [2.05, 4.69) is 10.6 Å². The number of urea groups is 1. The number of alkyl halides is 2. The van der Waals surface area contributed by atoms with Crippen LogP contribution in [0.3, 0.4) is 0 Å². The van der Waals surface area contributed by atoms with E-state index in [0.717, 1.165) is 6.07 Å². The van der Waals surface area contributed by atoms with E-state index in [1.807, 2.05) is 0 Å². The van der Waals surface area contributed by atoms with Gasteiger partial charge < -0.3 is 25.4 Å². The molecule has 6 nitrogen and oxygen atoms in total. The number of carbonyl (C=O) groups excluding carboxylic acids is 1. The molecule has 3 N–H and O–H groups in total. The van der Waals surface area contributed by atoms with Gasteiger partial charge in [0.1, 0.15) is 0 Å². The highest BCUT2D eigenvalue weighted by atomic mass is 19.3. The first kappa shape index (κ1) is 30.6. The molecule has 3 rings (SSSR count). The Morgan fingerprint density at radius 1 is 1.24 bits per heavy atom. The van der Waals surface area contributed by atoms with Crippen molar-refractivity contribution in [2.75, 3.05) is 40.4 Å². The Labute approximate surface area is 223 Å². The molecule has 0 bridgehead atoms. The first-order valence-electron chi connectivity index (χ1n) is 13.8. The van der Waals surface area contributed by atoms with Crippen molar-refractivity contribution in [2.24, 2.45) is 11.8 Å². The highest BCUT2D eigenvalue weighted by Crippen LogP contribution is 2.41. The number of hydrogen-bond donors (Lipinski definition) is 3. The zero-order chi connectivity index (χ0) is 27.8. The minimum Gasteiger partial charge on any atom is -0.385 e. The van der Waals surface area contributed by atoms with Gasteiger partial charge >= 0.3 is 6.03 Å². The molecule has 1 aliphatic carbocycles. The van der Waals surface area contributed by atoms with Gasteiger partial charge in [0.15, 0.2) is 11.6 Å². The van der Waals surface area contributed by atoms with Crippen LogP contribution in [-0.4, -0.2) is 68.4 Å². The number of benzene rings is 1. The van der Waals surface area contributed by atoms with Crippen LogP contribution in [0.2, 0.25) is 0 Å². The molecule has 2 aliphatic rings. The standard InChI is InChI=1S/C28H43F4N3O3/c1-33-18-22(17-20-10-13-27(31,32)14-11-20)34-26(36)35-15-6-7-21(19-35)28(37,12-3-4-16-38-2)23-8-5-9-24(29)25(23)30/h5,8-9,20-22,33,37H,3-4,6-7,10-19H2,1-2H3,(H,34,36)/t21-,22+,28+/m1/s1. The zero-order valence-corrected chi connectivity index (χ0v) is 22.6. The van der Waals surface area contributed by atoms with Crippen molar-refractivity contribution in [3.05, 3.63) is 35.4 Å². The fourth-order valence-corrected chi connectivity index (χ4v) is 6.03. The van der Waals surface area contributed by atoms with Crippen molar-refractivity contribution in [1.82, 2.24) is 15.5 Å². The Kier molecular flexibility index (Phi) is 11.2. The highest BCUT2D eigenvalue weighted by Gasteiger charge is 2.43. The number of rotatable bonds is 12. The number of nitrogens with one attached hydrogen (secondary N) is 2. The number of aliphatic hydroxyl groups is 1. The molecular formula is C28H43F4N3O3. The summed E-state index contributed by atoms with van der Waals surface area (Å²) in [7, 11) is 3.36. The second-order valence-corrected chi connectivity index (χ2v) is 11.0. The monoisotopic (exact) mass is 545 g/mol. The lowest BCUT2D eigenvalue weighted by Gasteiger charge is -2.43. The van der Waals surface area contributed by atoms with Crippen molar-refractivity contribution in [3.63, 3.8) is 0 Å². The number of hydrogen-bond acceptors (Lipinski definition) is 4. The Morgan fingerprint density at radius 2 is 1.97 bits per heavy atom. The molecule has 0 spiro atoms. The predicted octanol–water partition coefficient (Wildman–Crippen LogP) is 5.19. The lowest BCUT2D eigenvalue weighted by molar-refractivity contribution is -0.0593. The van der Waals surface area contributed by atoms with Gasteiger partial charge in [-0.3, -0.25) is 0 Å². The summed E-state index contributed by atoms with van der Waals surface area (Å²) in [4.78, 5) is 14.9. The van der Waals surface area contributed by atoms with Crippen LogP contribution in [0.25, 0.3) is 0 Å². The van der Waals surface area contributed by atoms with Gasteiger partial charge in [0.2, 0.25) is 5.92 Å². The summed E-state index contributed by atoms with van der Waals surface area (Å²) in [6.07, 6.45) is 3.84. The fraction of sp³-hybridized carbons (Fsp3) is 0.750. The lowest BCUT2D eigenvalue weighted by Crippen LogP contribution is -2.54. The van der Waals surface area contributed by atoms with E-state index in [0.29, 0.717) is 64.6 Å². The maximum absolute atomic E-state index is 14.9. The average molecular weight is 546 g/mol. The van der Waals surface area contributed by atoms with Crippen LogP contribution in [0.1, 0.15) is 69.8 Å². The molecule has 1 saturated heterocycles. The van der Waals surface area contributed by atoms with Crippen molar-refractivity contribution in [3.8, 4) is 0 Å². The summed E-state index contributed by atoms with van der Waals surface area (Å²) >= 11 is 0. The van der Waals surface area contributed by atoms with Gasteiger partial charge in [0, 0.05) is 63.7 Å². The molecular weight excluding hydrogens is 502 g/mol. The number of likely N-dealkylation sites (tertiary alicyclic amines) is 1. The van der Waals surface area contributed by atoms with Crippen LogP contribution >= 0.6 is 0 Å². The number of nitrogens with zero attached hydrogens (tertiary/aromatic N) is 1. The van der Waals surface area contributed by atoms with E-state index in [1.165, 1.54) is 12.1 Å². The van der Waals surface area contributed by atoms with Gasteiger partial charge in [-0.25, -0.2) is 22.4 Å². The van der Waals surface area contributed by atoms with Crippen LogP contribution in [-0.2, 0) is 10.3 Å². The van der Waals surface area contributed by atoms with Crippen LogP contribution in [0, 0.1) is 23.5 Å². The number of halogens is 4. The summed E-state index contributed by atoms with van der Waals surface area (Å²) in [5, 5.41) is 18.0. The third kappa shape index (κ3) is 8.05. The van der Waals surface area contributed by atoms with Crippen molar-refractivity contribution < 1.29 is 32.2 Å². The molecule has 1 aromatic carbocycles. The third-order valence-corrected chi connectivity index (χ3v) is 8.19. The topological polar surface area (TPSA) is 73.8 Å². The predicted molar refractivity (Wildman–Crippen MR) is 138 cm³/mol. The number of ether oxygens (including phenoxy) is 1. The quantitative estimate of drug-likeness (QED) is 0.250. The van der Waals surface area contributed by atoms with Crippen LogP contribution in [0.5, 0.6) is 0 Å². The summed E-state index contributed by atoms with van der Waals surface area (Å²) < 4.78 is 61.3. The minimum absolute atomic E-state index is 0.0793. The molecule has 1 heterocycles. The first-order chi connectivity index (χ1) is 18.1. The van der Waals surface area contributed by atoms with Crippen LogP contribution < -0.4 is 10.6 Å². The Hall–Kier alpha value is -1.91. The normalized spacial score (nSPS) is 22.6. The van der Waals surface area contributed by atoms with Crippen molar-refractivity contribution >= 4 is 6.03 Å². The van der Waals surface area contributed by atoms with Gasteiger partial charge in [0.05, 0.1) is 5.60 Å². The average Bonchev–Trinajstić information content (AvgIpc) is 2.89. The molecule has 0 unspecified atom stereocenters. The van der Waals surface area contributed by atoms with E-state index in [1.54, 1.807) is 19.1 Å². The van der Waals surface area contributed by atoms with E-state index < -0.39 is 29.1 Å². The number of carbonyl (C=O) groups is 1. The summed E-state index contributed by atoms with van der Waals surface area (Å²) in [5.41, 5.74) is -1.72. The summed E-state index contributed by atoms with van der Waals surface area (Å²) in [6.45, 7) is 1.68. The van der Waals surface area contributed by atoms with E-state index >= 15 is 0 Å². The van der Waals surface area contributed by atoms with Gasteiger partial charge in [-0.05, 0) is 70.4 Å². The van der Waals surface area contributed by atoms with E-state index in [-0.39, 0.29) is 49.4 Å². The molecule has 0 aromatic heterocycles. The molecule has 3 atom stereocenters. The third-order valence-electron chi connectivity index (χ3n) is 8.19. The summed E-state index contributed by atoms with van der Waals surface area (Å²) in [5.74, 6) is -5.03. The summed E-state index contributed by atoms with van der Waals surface area (Å²) in [6, 6.07) is 3.32. The smallest absolute Gasteiger partial charge is 0.317 e. The molecule has 1 aromatic rings. The molecule has 10 heteroatoms. The maximum atomic E-state index is 14.9.